The Balaban J connectivity index is 2.26. The molecule has 0 aliphatic heterocycles. The van der Waals surface area contributed by atoms with Gasteiger partial charge in [-0.1, -0.05) is 0 Å². The second kappa shape index (κ2) is 5.53. The van der Waals surface area contributed by atoms with Crippen LogP contribution in [0.15, 0.2) is 23.1 Å². The summed E-state index contributed by atoms with van der Waals surface area (Å²) in [7, 11) is -2.31. The summed E-state index contributed by atoms with van der Waals surface area (Å²) in [5.41, 5.74) is 2.23. The molecule has 0 atom stereocenters. The van der Waals surface area contributed by atoms with Gasteiger partial charge in [0.1, 0.15) is 16.5 Å². The number of rotatable bonds is 4. The molecule has 0 unspecified atom stereocenters. The lowest BCUT2D eigenvalue weighted by molar-refractivity contribution is 0.543. The van der Waals surface area contributed by atoms with E-state index < -0.39 is 26.6 Å². The summed E-state index contributed by atoms with van der Waals surface area (Å²) in [6, 6.07) is 2.34. The molecule has 21 heavy (non-hydrogen) atoms. The molecule has 114 valence electrons. The van der Waals surface area contributed by atoms with Crippen LogP contribution in [0, 0.1) is 25.5 Å². The van der Waals surface area contributed by atoms with Gasteiger partial charge in [0.05, 0.1) is 5.69 Å². The molecule has 2 rings (SSSR count). The minimum atomic E-state index is -4.06. The van der Waals surface area contributed by atoms with Gasteiger partial charge in [0.25, 0.3) is 0 Å². The average molecular weight is 315 g/mol. The predicted octanol–water partition coefficient (Wildman–Crippen LogP) is 1.79. The first-order chi connectivity index (χ1) is 9.72. The van der Waals surface area contributed by atoms with Crippen LogP contribution in [0.1, 0.15) is 17.0 Å². The molecule has 0 saturated heterocycles. The molecule has 8 heteroatoms. The van der Waals surface area contributed by atoms with Crippen LogP contribution in [0.5, 0.6) is 0 Å². The van der Waals surface area contributed by atoms with Crippen molar-refractivity contribution in [3.8, 4) is 0 Å². The summed E-state index contributed by atoms with van der Waals surface area (Å²) in [6.07, 6.45) is 0. The molecule has 1 heterocycles. The number of benzene rings is 1. The highest BCUT2D eigenvalue weighted by molar-refractivity contribution is 7.89. The molecule has 1 N–H and O–H groups in total. The van der Waals surface area contributed by atoms with E-state index >= 15 is 0 Å². The van der Waals surface area contributed by atoms with Crippen LogP contribution in [-0.2, 0) is 23.6 Å². The number of aryl methyl sites for hydroxylation is 2. The number of sulfonamides is 1. The Kier molecular flexibility index (Phi) is 4.11. The van der Waals surface area contributed by atoms with Gasteiger partial charge in [-0.25, -0.2) is 21.9 Å². The predicted molar refractivity (Wildman–Crippen MR) is 73.1 cm³/mol. The lowest BCUT2D eigenvalue weighted by Crippen LogP contribution is -2.24. The van der Waals surface area contributed by atoms with Crippen molar-refractivity contribution in [2.45, 2.75) is 25.3 Å². The fourth-order valence-corrected chi connectivity index (χ4v) is 3.06. The molecule has 0 saturated carbocycles. The summed E-state index contributed by atoms with van der Waals surface area (Å²) < 4.78 is 54.5. The molecule has 0 amide bonds. The van der Waals surface area contributed by atoms with E-state index in [4.69, 9.17) is 0 Å². The monoisotopic (exact) mass is 315 g/mol. The third kappa shape index (κ3) is 3.11. The first-order valence-electron chi connectivity index (χ1n) is 6.16. The summed E-state index contributed by atoms with van der Waals surface area (Å²) in [5, 5.41) is 4.17. The number of aromatic nitrogens is 2. The zero-order valence-electron chi connectivity index (χ0n) is 11.8. The minimum absolute atomic E-state index is 0.00927. The third-order valence-corrected chi connectivity index (χ3v) is 4.72. The molecule has 0 fully saturated rings. The van der Waals surface area contributed by atoms with Gasteiger partial charge in [0.2, 0.25) is 10.0 Å². The largest absolute Gasteiger partial charge is 0.272 e. The van der Waals surface area contributed by atoms with Gasteiger partial charge in [-0.05, 0) is 26.0 Å². The van der Waals surface area contributed by atoms with Crippen molar-refractivity contribution in [1.29, 1.82) is 0 Å². The number of nitrogens with zero attached hydrogens (tertiary/aromatic N) is 2. The highest BCUT2D eigenvalue weighted by atomic mass is 32.2. The van der Waals surface area contributed by atoms with Crippen LogP contribution in [0.3, 0.4) is 0 Å². The number of hydrogen-bond donors (Lipinski definition) is 1. The van der Waals surface area contributed by atoms with Gasteiger partial charge in [0.15, 0.2) is 0 Å². The molecule has 5 nitrogen and oxygen atoms in total. The quantitative estimate of drug-likeness (QED) is 0.935. The van der Waals surface area contributed by atoms with Gasteiger partial charge < -0.3 is 0 Å². The fraction of sp³-hybridized carbons (Fsp3) is 0.308. The van der Waals surface area contributed by atoms with Crippen molar-refractivity contribution in [3.63, 3.8) is 0 Å². The summed E-state index contributed by atoms with van der Waals surface area (Å²) in [4.78, 5) is -0.580. The zero-order chi connectivity index (χ0) is 15.8. The molecular weight excluding hydrogens is 300 g/mol. The second-order valence-electron chi connectivity index (χ2n) is 4.67. The smallest absolute Gasteiger partial charge is 0.243 e. The first kappa shape index (κ1) is 15.6. The Bertz CT molecular complexity index is 785. The van der Waals surface area contributed by atoms with Gasteiger partial charge >= 0.3 is 0 Å². The summed E-state index contributed by atoms with van der Waals surface area (Å²) in [5.74, 6) is -1.95. The van der Waals surface area contributed by atoms with E-state index in [2.05, 4.69) is 9.82 Å². The van der Waals surface area contributed by atoms with Crippen LogP contribution < -0.4 is 4.72 Å². The van der Waals surface area contributed by atoms with E-state index in [1.807, 2.05) is 6.92 Å². The molecule has 0 bridgehead atoms. The third-order valence-electron chi connectivity index (χ3n) is 3.28. The van der Waals surface area contributed by atoms with Crippen molar-refractivity contribution >= 4 is 10.0 Å². The topological polar surface area (TPSA) is 64.0 Å². The Morgan fingerprint density at radius 3 is 2.48 bits per heavy atom. The van der Waals surface area contributed by atoms with Crippen LogP contribution in [0.4, 0.5) is 8.78 Å². The molecule has 1 aromatic carbocycles. The number of halogens is 2. The highest BCUT2D eigenvalue weighted by Crippen LogP contribution is 2.17. The van der Waals surface area contributed by atoms with Crippen molar-refractivity contribution < 1.29 is 17.2 Å². The van der Waals surface area contributed by atoms with E-state index in [9.17, 15) is 17.2 Å². The Labute approximate surface area is 121 Å². The maximum absolute atomic E-state index is 13.6. The fourth-order valence-electron chi connectivity index (χ4n) is 2.01. The Morgan fingerprint density at radius 2 is 1.95 bits per heavy atom. The van der Waals surface area contributed by atoms with Gasteiger partial charge in [-0.3, -0.25) is 4.68 Å². The standard InChI is InChI=1S/C13H15F2N3O2S/c1-8-11(9(2)18(3)17-8)7-16-21(19,20)13-5-4-10(14)6-12(13)15/h4-6,16H,7H2,1-3H3. The van der Waals surface area contributed by atoms with Crippen molar-refractivity contribution in [2.24, 2.45) is 7.05 Å². The average Bonchev–Trinajstić information content (AvgIpc) is 2.60. The number of hydrogen-bond acceptors (Lipinski definition) is 3. The maximum atomic E-state index is 13.6. The lowest BCUT2D eigenvalue weighted by Gasteiger charge is -2.08. The molecule has 0 radical (unpaired) electrons. The van der Waals surface area contributed by atoms with Crippen LogP contribution in [-0.4, -0.2) is 18.2 Å². The van der Waals surface area contributed by atoms with Gasteiger partial charge in [-0.2, -0.15) is 5.10 Å². The van der Waals surface area contributed by atoms with Crippen LogP contribution in [0.25, 0.3) is 0 Å². The highest BCUT2D eigenvalue weighted by Gasteiger charge is 2.20. The Hall–Kier alpha value is -1.80. The van der Waals surface area contributed by atoms with Crippen molar-refractivity contribution in [3.05, 3.63) is 46.8 Å². The summed E-state index contributed by atoms with van der Waals surface area (Å²) in [6.45, 7) is 3.56. The SMILES string of the molecule is Cc1nn(C)c(C)c1CNS(=O)(=O)c1ccc(F)cc1F. The van der Waals surface area contributed by atoms with Crippen molar-refractivity contribution in [2.75, 3.05) is 0 Å². The van der Waals surface area contributed by atoms with E-state index in [1.165, 1.54) is 0 Å². The molecule has 2 aromatic rings. The summed E-state index contributed by atoms with van der Waals surface area (Å²) >= 11 is 0. The molecule has 0 aliphatic carbocycles. The van der Waals surface area contributed by atoms with Gasteiger partial charge in [-0.15, -0.1) is 0 Å². The van der Waals surface area contributed by atoms with E-state index in [-0.39, 0.29) is 6.54 Å². The second-order valence-corrected chi connectivity index (χ2v) is 6.41. The van der Waals surface area contributed by atoms with Crippen LogP contribution >= 0.6 is 0 Å². The lowest BCUT2D eigenvalue weighted by atomic mass is 10.2. The molecule has 1 aromatic heterocycles. The minimum Gasteiger partial charge on any atom is -0.272 e. The Morgan fingerprint density at radius 1 is 1.29 bits per heavy atom. The maximum Gasteiger partial charge on any atom is 0.243 e. The normalized spacial score (nSPS) is 11.9. The molecule has 0 aliphatic rings. The number of nitrogens with one attached hydrogen (secondary N) is 1. The van der Waals surface area contributed by atoms with Crippen LogP contribution in [0.2, 0.25) is 0 Å². The van der Waals surface area contributed by atoms with Crippen molar-refractivity contribution in [1.82, 2.24) is 14.5 Å². The molecule has 0 spiro atoms. The van der Waals surface area contributed by atoms with Gasteiger partial charge in [0, 0.05) is 30.9 Å². The van der Waals surface area contributed by atoms with E-state index in [1.54, 1.807) is 18.7 Å². The molecular formula is C13H15F2N3O2S. The first-order valence-corrected chi connectivity index (χ1v) is 7.64. The van der Waals surface area contributed by atoms with E-state index in [0.717, 1.165) is 23.4 Å². The van der Waals surface area contributed by atoms with E-state index in [0.29, 0.717) is 11.8 Å². The zero-order valence-corrected chi connectivity index (χ0v) is 12.6.